The molecule has 0 aromatic heterocycles. The van der Waals surface area contributed by atoms with Gasteiger partial charge in [-0.2, -0.15) is 0 Å². The third kappa shape index (κ3) is 2.17. The van der Waals surface area contributed by atoms with E-state index in [1.54, 1.807) is 0 Å². The van der Waals surface area contributed by atoms with E-state index in [0.29, 0.717) is 10.8 Å². The molecule has 1 aliphatic rings. The second-order valence-electron chi connectivity index (χ2n) is 3.86. The average molecular weight is 147 g/mol. The van der Waals surface area contributed by atoms with Gasteiger partial charge in [-0.15, -0.1) is 11.6 Å². The lowest BCUT2D eigenvalue weighted by Gasteiger charge is -2.32. The molecule has 0 N–H and O–H groups in total. The maximum absolute atomic E-state index is 6.00. The van der Waals surface area contributed by atoms with E-state index >= 15 is 0 Å². The molecule has 1 saturated carbocycles. The SMILES string of the molecule is CC1(C)CCC[C@H](Cl)C1. The summed E-state index contributed by atoms with van der Waals surface area (Å²) < 4.78 is 0. The zero-order valence-electron chi connectivity index (χ0n) is 6.28. The normalized spacial score (nSPS) is 34.3. The Labute approximate surface area is 62.6 Å². The van der Waals surface area contributed by atoms with Crippen molar-refractivity contribution in [1.29, 1.82) is 0 Å². The van der Waals surface area contributed by atoms with Crippen LogP contribution in [0.1, 0.15) is 39.5 Å². The summed E-state index contributed by atoms with van der Waals surface area (Å²) >= 11 is 6.00. The van der Waals surface area contributed by atoms with Crippen molar-refractivity contribution in [1.82, 2.24) is 0 Å². The van der Waals surface area contributed by atoms with E-state index in [1.807, 2.05) is 0 Å². The maximum atomic E-state index is 6.00. The van der Waals surface area contributed by atoms with Crippen LogP contribution in [0.25, 0.3) is 0 Å². The van der Waals surface area contributed by atoms with Gasteiger partial charge in [0.25, 0.3) is 0 Å². The fourth-order valence-electron chi connectivity index (χ4n) is 1.61. The van der Waals surface area contributed by atoms with E-state index in [4.69, 9.17) is 11.6 Å². The lowest BCUT2D eigenvalue weighted by molar-refractivity contribution is 0.248. The summed E-state index contributed by atoms with van der Waals surface area (Å²) in [7, 11) is 0. The average Bonchev–Trinajstić information content (AvgIpc) is 1.60. The fourth-order valence-corrected chi connectivity index (χ4v) is 2.18. The standard InChI is InChI=1S/C8H15Cl/c1-8(2)5-3-4-7(9)6-8/h7H,3-6H2,1-2H3/t7-/m0/s1. The predicted octanol–water partition coefficient (Wildman–Crippen LogP) is 3.19. The van der Waals surface area contributed by atoms with Gasteiger partial charge in [-0.25, -0.2) is 0 Å². The molecule has 0 unspecified atom stereocenters. The summed E-state index contributed by atoms with van der Waals surface area (Å²) in [6, 6.07) is 0. The summed E-state index contributed by atoms with van der Waals surface area (Å²) in [5, 5.41) is 0.453. The van der Waals surface area contributed by atoms with Crippen LogP contribution < -0.4 is 0 Å². The van der Waals surface area contributed by atoms with Crippen LogP contribution >= 0.6 is 11.6 Å². The summed E-state index contributed by atoms with van der Waals surface area (Å²) in [4.78, 5) is 0. The van der Waals surface area contributed by atoms with Crippen LogP contribution in [0.2, 0.25) is 0 Å². The number of hydrogen-bond acceptors (Lipinski definition) is 0. The third-order valence-corrected chi connectivity index (χ3v) is 2.52. The summed E-state index contributed by atoms with van der Waals surface area (Å²) in [5.74, 6) is 0. The highest BCUT2D eigenvalue weighted by atomic mass is 35.5. The van der Waals surface area contributed by atoms with E-state index in [0.717, 1.165) is 0 Å². The van der Waals surface area contributed by atoms with Crippen molar-refractivity contribution in [3.8, 4) is 0 Å². The molecule has 0 nitrogen and oxygen atoms in total. The Bertz CT molecular complexity index is 96.7. The topological polar surface area (TPSA) is 0 Å². The summed E-state index contributed by atoms with van der Waals surface area (Å²) in [6.07, 6.45) is 5.11. The quantitative estimate of drug-likeness (QED) is 0.461. The predicted molar refractivity (Wildman–Crippen MR) is 41.9 cm³/mol. The summed E-state index contributed by atoms with van der Waals surface area (Å²) in [5.41, 5.74) is 0.519. The van der Waals surface area contributed by atoms with Gasteiger partial charge < -0.3 is 0 Å². The third-order valence-electron chi connectivity index (χ3n) is 2.14. The maximum Gasteiger partial charge on any atom is 0.0341 e. The van der Waals surface area contributed by atoms with Crippen LogP contribution in [0.3, 0.4) is 0 Å². The molecule has 1 aliphatic carbocycles. The Balaban J connectivity index is 2.41. The first-order chi connectivity index (χ1) is 4.10. The van der Waals surface area contributed by atoms with Crippen LogP contribution in [0, 0.1) is 5.41 Å². The second kappa shape index (κ2) is 2.49. The van der Waals surface area contributed by atoms with Gasteiger partial charge in [0.2, 0.25) is 0 Å². The monoisotopic (exact) mass is 146 g/mol. The summed E-state index contributed by atoms with van der Waals surface area (Å²) in [6.45, 7) is 4.61. The molecule has 0 amide bonds. The highest BCUT2D eigenvalue weighted by Crippen LogP contribution is 2.37. The smallest absolute Gasteiger partial charge is 0.0341 e. The molecule has 0 saturated heterocycles. The van der Waals surface area contributed by atoms with Crippen LogP contribution in [0.4, 0.5) is 0 Å². The van der Waals surface area contributed by atoms with E-state index in [9.17, 15) is 0 Å². The van der Waals surface area contributed by atoms with Crippen LogP contribution in [0.15, 0.2) is 0 Å². The molecule has 0 aliphatic heterocycles. The molecule has 0 bridgehead atoms. The van der Waals surface area contributed by atoms with Crippen molar-refractivity contribution in [3.63, 3.8) is 0 Å². The Morgan fingerprint density at radius 3 is 2.44 bits per heavy atom. The van der Waals surface area contributed by atoms with Crippen molar-refractivity contribution < 1.29 is 0 Å². The molecule has 0 radical (unpaired) electrons. The van der Waals surface area contributed by atoms with Gasteiger partial charge in [-0.1, -0.05) is 20.3 Å². The van der Waals surface area contributed by atoms with Gasteiger partial charge >= 0.3 is 0 Å². The largest absolute Gasteiger partial charge is 0.123 e. The molecule has 1 rings (SSSR count). The van der Waals surface area contributed by atoms with E-state index < -0.39 is 0 Å². The molecule has 0 spiro atoms. The minimum atomic E-state index is 0.453. The highest BCUT2D eigenvalue weighted by Gasteiger charge is 2.26. The van der Waals surface area contributed by atoms with E-state index in [1.165, 1.54) is 25.7 Å². The van der Waals surface area contributed by atoms with Gasteiger partial charge in [0.15, 0.2) is 0 Å². The molecule has 0 heterocycles. The van der Waals surface area contributed by atoms with Crippen molar-refractivity contribution in [2.75, 3.05) is 0 Å². The van der Waals surface area contributed by atoms with Crippen molar-refractivity contribution in [2.24, 2.45) is 5.41 Å². The first kappa shape index (κ1) is 7.40. The number of halogens is 1. The van der Waals surface area contributed by atoms with Crippen molar-refractivity contribution in [3.05, 3.63) is 0 Å². The Morgan fingerprint density at radius 2 is 2.11 bits per heavy atom. The Morgan fingerprint density at radius 1 is 1.44 bits per heavy atom. The molecule has 54 valence electrons. The molecular formula is C8H15Cl. The molecular weight excluding hydrogens is 132 g/mol. The number of rotatable bonds is 0. The first-order valence-corrected chi connectivity index (χ1v) is 4.18. The lowest BCUT2D eigenvalue weighted by atomic mass is 9.77. The molecule has 9 heavy (non-hydrogen) atoms. The van der Waals surface area contributed by atoms with E-state index in [2.05, 4.69) is 13.8 Å². The minimum Gasteiger partial charge on any atom is -0.123 e. The van der Waals surface area contributed by atoms with Crippen LogP contribution in [-0.4, -0.2) is 5.38 Å². The second-order valence-corrected chi connectivity index (χ2v) is 4.48. The van der Waals surface area contributed by atoms with Gasteiger partial charge in [-0.3, -0.25) is 0 Å². The van der Waals surface area contributed by atoms with Gasteiger partial charge in [0.05, 0.1) is 0 Å². The van der Waals surface area contributed by atoms with Gasteiger partial charge in [0.1, 0.15) is 0 Å². The fraction of sp³-hybridized carbons (Fsp3) is 1.00. The molecule has 1 fully saturated rings. The van der Waals surface area contributed by atoms with Gasteiger partial charge in [-0.05, 0) is 24.7 Å². The number of alkyl halides is 1. The van der Waals surface area contributed by atoms with Crippen molar-refractivity contribution in [2.45, 2.75) is 44.9 Å². The highest BCUT2D eigenvalue weighted by molar-refractivity contribution is 6.20. The molecule has 1 atom stereocenters. The molecule has 0 aromatic carbocycles. The van der Waals surface area contributed by atoms with E-state index in [-0.39, 0.29) is 0 Å². The lowest BCUT2D eigenvalue weighted by Crippen LogP contribution is -2.22. The van der Waals surface area contributed by atoms with Crippen molar-refractivity contribution >= 4 is 11.6 Å². The molecule has 0 aromatic rings. The number of hydrogen-bond donors (Lipinski definition) is 0. The van der Waals surface area contributed by atoms with Crippen LogP contribution in [0.5, 0.6) is 0 Å². The minimum absolute atomic E-state index is 0.453. The van der Waals surface area contributed by atoms with Gasteiger partial charge in [0, 0.05) is 5.38 Å². The van der Waals surface area contributed by atoms with Crippen LogP contribution in [-0.2, 0) is 0 Å². The molecule has 1 heteroatoms. The first-order valence-electron chi connectivity index (χ1n) is 3.74. The Kier molecular flexibility index (Phi) is 2.05. The zero-order valence-corrected chi connectivity index (χ0v) is 7.04. The Hall–Kier alpha value is 0.290. The zero-order chi connectivity index (χ0) is 6.91.